The Morgan fingerprint density at radius 3 is 2.47 bits per heavy atom. The first-order valence-electron chi connectivity index (χ1n) is 4.77. The smallest absolute Gasteiger partial charge is 0.214 e. The van der Waals surface area contributed by atoms with E-state index >= 15 is 0 Å². The van der Waals surface area contributed by atoms with Crippen molar-refractivity contribution in [3.8, 4) is 17.0 Å². The molecule has 0 unspecified atom stereocenters. The molecule has 0 aliphatic carbocycles. The van der Waals surface area contributed by atoms with Crippen LogP contribution in [0.1, 0.15) is 0 Å². The molecular weight excluding hydrogens is 248 g/mol. The van der Waals surface area contributed by atoms with Crippen molar-refractivity contribution in [2.75, 3.05) is 7.11 Å². The fraction of sp³-hybridized carbons (Fsp3) is 0.0833. The van der Waals surface area contributed by atoms with Crippen molar-refractivity contribution in [1.82, 2.24) is 4.98 Å². The van der Waals surface area contributed by atoms with Crippen LogP contribution in [0, 0.1) is 11.6 Å². The first-order valence-corrected chi connectivity index (χ1v) is 5.15. The lowest BCUT2D eigenvalue weighted by Gasteiger charge is -2.05. The number of aromatic nitrogens is 1. The van der Waals surface area contributed by atoms with Gasteiger partial charge in [-0.2, -0.15) is 0 Å². The largest absolute Gasteiger partial charge is 0.481 e. The minimum absolute atomic E-state index is 0.226. The van der Waals surface area contributed by atoms with Gasteiger partial charge in [-0.25, -0.2) is 13.8 Å². The number of nitrogens with zero attached hydrogens (tertiary/aromatic N) is 1. The van der Waals surface area contributed by atoms with Gasteiger partial charge in [-0.3, -0.25) is 0 Å². The number of ether oxygens (including phenoxy) is 1. The van der Waals surface area contributed by atoms with Gasteiger partial charge in [0.1, 0.15) is 5.15 Å². The molecule has 1 aromatic carbocycles. The highest BCUT2D eigenvalue weighted by atomic mass is 35.5. The average Bonchev–Trinajstić information content (AvgIpc) is 2.32. The molecule has 0 saturated carbocycles. The van der Waals surface area contributed by atoms with Crippen molar-refractivity contribution in [3.63, 3.8) is 0 Å². The van der Waals surface area contributed by atoms with Crippen LogP contribution in [0.25, 0.3) is 11.1 Å². The normalized spacial score (nSPS) is 10.4. The zero-order valence-corrected chi connectivity index (χ0v) is 9.63. The highest BCUT2D eigenvalue weighted by Gasteiger charge is 2.07. The molecule has 0 aliphatic rings. The highest BCUT2D eigenvalue weighted by molar-refractivity contribution is 6.29. The van der Waals surface area contributed by atoms with Crippen LogP contribution in [-0.4, -0.2) is 12.1 Å². The van der Waals surface area contributed by atoms with E-state index in [1.165, 1.54) is 13.2 Å². The second kappa shape index (κ2) is 4.67. The molecule has 5 heteroatoms. The fourth-order valence-corrected chi connectivity index (χ4v) is 1.62. The van der Waals surface area contributed by atoms with Gasteiger partial charge in [0, 0.05) is 6.07 Å². The van der Waals surface area contributed by atoms with Crippen LogP contribution in [0.4, 0.5) is 8.78 Å². The number of pyridine rings is 1. The molecule has 0 spiro atoms. The van der Waals surface area contributed by atoms with Crippen LogP contribution in [0.3, 0.4) is 0 Å². The standard InChI is InChI=1S/C12H8ClF2NO/c1-17-12-6-8(5-11(13)16-12)7-2-3-9(14)10(15)4-7/h2-6H,1H3. The van der Waals surface area contributed by atoms with E-state index in [-0.39, 0.29) is 5.15 Å². The average molecular weight is 256 g/mol. The molecule has 0 fully saturated rings. The highest BCUT2D eigenvalue weighted by Crippen LogP contribution is 2.26. The van der Waals surface area contributed by atoms with Gasteiger partial charge in [0.25, 0.3) is 0 Å². The summed E-state index contributed by atoms with van der Waals surface area (Å²) < 4.78 is 30.8. The van der Waals surface area contributed by atoms with Gasteiger partial charge in [-0.05, 0) is 29.3 Å². The third-order valence-corrected chi connectivity index (χ3v) is 2.43. The SMILES string of the molecule is COc1cc(-c2ccc(F)c(F)c2)cc(Cl)n1. The van der Waals surface area contributed by atoms with Gasteiger partial charge in [0.2, 0.25) is 5.88 Å². The Hall–Kier alpha value is -1.68. The Morgan fingerprint density at radius 1 is 1.06 bits per heavy atom. The van der Waals surface area contributed by atoms with E-state index in [2.05, 4.69) is 4.98 Å². The minimum Gasteiger partial charge on any atom is -0.481 e. The molecular formula is C12H8ClF2NO. The molecule has 2 rings (SSSR count). The number of hydrogen-bond donors (Lipinski definition) is 0. The molecule has 0 bridgehead atoms. The summed E-state index contributed by atoms with van der Waals surface area (Å²) in [5.74, 6) is -1.48. The maximum Gasteiger partial charge on any atom is 0.214 e. The molecule has 0 amide bonds. The molecule has 2 nitrogen and oxygen atoms in total. The predicted octanol–water partition coefficient (Wildman–Crippen LogP) is 3.69. The topological polar surface area (TPSA) is 22.1 Å². The summed E-state index contributed by atoms with van der Waals surface area (Å²) in [6.07, 6.45) is 0. The monoisotopic (exact) mass is 255 g/mol. The van der Waals surface area contributed by atoms with Crippen LogP contribution < -0.4 is 4.74 Å². The van der Waals surface area contributed by atoms with Gasteiger partial charge in [-0.1, -0.05) is 17.7 Å². The van der Waals surface area contributed by atoms with E-state index in [1.807, 2.05) is 0 Å². The number of halogens is 3. The Balaban J connectivity index is 2.52. The van der Waals surface area contributed by atoms with Crippen LogP contribution in [0.2, 0.25) is 5.15 Å². The van der Waals surface area contributed by atoms with Crippen LogP contribution in [-0.2, 0) is 0 Å². The molecule has 2 aromatic rings. The lowest BCUT2D eigenvalue weighted by Crippen LogP contribution is -1.90. The van der Waals surface area contributed by atoms with Crippen molar-refractivity contribution in [2.24, 2.45) is 0 Å². The zero-order valence-electron chi connectivity index (χ0n) is 8.88. The second-order valence-electron chi connectivity index (χ2n) is 3.35. The maximum absolute atomic E-state index is 13.1. The van der Waals surface area contributed by atoms with Gasteiger partial charge >= 0.3 is 0 Å². The lowest BCUT2D eigenvalue weighted by atomic mass is 10.1. The first-order chi connectivity index (χ1) is 8.10. The van der Waals surface area contributed by atoms with Gasteiger partial charge in [-0.15, -0.1) is 0 Å². The number of hydrogen-bond acceptors (Lipinski definition) is 2. The van der Waals surface area contributed by atoms with E-state index in [4.69, 9.17) is 16.3 Å². The summed E-state index contributed by atoms with van der Waals surface area (Å²) in [6, 6.07) is 6.77. The van der Waals surface area contributed by atoms with E-state index in [9.17, 15) is 8.78 Å². The quantitative estimate of drug-likeness (QED) is 0.764. The summed E-state index contributed by atoms with van der Waals surface area (Å²) in [4.78, 5) is 3.89. The summed E-state index contributed by atoms with van der Waals surface area (Å²) in [7, 11) is 1.45. The van der Waals surface area contributed by atoms with Crippen LogP contribution in [0.15, 0.2) is 30.3 Å². The van der Waals surface area contributed by atoms with Crippen LogP contribution in [0.5, 0.6) is 5.88 Å². The van der Waals surface area contributed by atoms with E-state index < -0.39 is 11.6 Å². The van der Waals surface area contributed by atoms with E-state index in [0.29, 0.717) is 17.0 Å². The molecule has 17 heavy (non-hydrogen) atoms. The van der Waals surface area contributed by atoms with Crippen molar-refractivity contribution in [3.05, 3.63) is 47.1 Å². The minimum atomic E-state index is -0.908. The molecule has 0 N–H and O–H groups in total. The van der Waals surface area contributed by atoms with Crippen molar-refractivity contribution >= 4 is 11.6 Å². The summed E-state index contributed by atoms with van der Waals surface area (Å²) in [5, 5.41) is 0.226. The third kappa shape index (κ3) is 2.53. The molecule has 88 valence electrons. The zero-order chi connectivity index (χ0) is 12.4. The first kappa shape index (κ1) is 11.8. The Kier molecular flexibility index (Phi) is 3.24. The third-order valence-electron chi connectivity index (χ3n) is 2.23. The molecule has 0 radical (unpaired) electrons. The predicted molar refractivity (Wildman–Crippen MR) is 61.2 cm³/mol. The number of rotatable bonds is 2. The van der Waals surface area contributed by atoms with Gasteiger partial charge in [0.05, 0.1) is 7.11 Å². The Morgan fingerprint density at radius 2 is 1.82 bits per heavy atom. The van der Waals surface area contributed by atoms with Crippen molar-refractivity contribution in [2.45, 2.75) is 0 Å². The van der Waals surface area contributed by atoms with Gasteiger partial charge in [0.15, 0.2) is 11.6 Å². The number of benzene rings is 1. The molecule has 1 aromatic heterocycles. The summed E-state index contributed by atoms with van der Waals surface area (Å²) >= 11 is 5.79. The Bertz CT molecular complexity index is 560. The van der Waals surface area contributed by atoms with E-state index in [0.717, 1.165) is 12.1 Å². The number of methoxy groups -OCH3 is 1. The summed E-state index contributed by atoms with van der Waals surface area (Å²) in [6.45, 7) is 0. The van der Waals surface area contributed by atoms with E-state index in [1.54, 1.807) is 12.1 Å². The van der Waals surface area contributed by atoms with Crippen LogP contribution >= 0.6 is 11.6 Å². The Labute approximate surface area is 102 Å². The fourth-order valence-electron chi connectivity index (χ4n) is 1.42. The molecule has 0 aliphatic heterocycles. The van der Waals surface area contributed by atoms with Crippen molar-refractivity contribution in [1.29, 1.82) is 0 Å². The van der Waals surface area contributed by atoms with Gasteiger partial charge < -0.3 is 4.74 Å². The summed E-state index contributed by atoms with van der Waals surface area (Å²) in [5.41, 5.74) is 1.12. The lowest BCUT2D eigenvalue weighted by molar-refractivity contribution is 0.398. The molecule has 0 saturated heterocycles. The van der Waals surface area contributed by atoms with Crippen molar-refractivity contribution < 1.29 is 13.5 Å². The molecule has 0 atom stereocenters. The maximum atomic E-state index is 13.1. The molecule has 1 heterocycles. The second-order valence-corrected chi connectivity index (χ2v) is 3.74.